The Hall–Kier alpha value is -1.31. The first-order valence-corrected chi connectivity index (χ1v) is 8.13. The number of nitrogen functional groups attached to an aromatic ring is 1. The van der Waals surface area contributed by atoms with Gasteiger partial charge in [-0.3, -0.25) is 0 Å². The highest BCUT2D eigenvalue weighted by atomic mass is 32.2. The normalized spacial score (nSPS) is 23.6. The minimum absolute atomic E-state index is 0.0358. The number of phenols is 1. The second kappa shape index (κ2) is 5.99. The van der Waals surface area contributed by atoms with Gasteiger partial charge in [-0.2, -0.15) is 0 Å². The third kappa shape index (κ3) is 3.62. The molecule has 0 heterocycles. The van der Waals surface area contributed by atoms with Gasteiger partial charge in [-0.1, -0.05) is 0 Å². The van der Waals surface area contributed by atoms with E-state index in [0.29, 0.717) is 6.54 Å². The molecule has 7 heteroatoms. The predicted molar refractivity (Wildman–Crippen MR) is 75.7 cm³/mol. The van der Waals surface area contributed by atoms with Crippen LogP contribution in [0.25, 0.3) is 0 Å². The summed E-state index contributed by atoms with van der Waals surface area (Å²) in [7, 11) is -3.62. The molecule has 0 radical (unpaired) electrons. The number of nitrogens with two attached hydrogens (primary N) is 1. The number of nitrogens with one attached hydrogen (secondary N) is 1. The number of hydrogen-bond acceptors (Lipinski definition) is 5. The van der Waals surface area contributed by atoms with Crippen molar-refractivity contribution in [2.45, 2.75) is 36.7 Å². The molecule has 6 nitrogen and oxygen atoms in total. The molecule has 0 bridgehead atoms. The summed E-state index contributed by atoms with van der Waals surface area (Å²) in [5.41, 5.74) is 5.54. The summed E-state index contributed by atoms with van der Waals surface area (Å²) in [5, 5.41) is 18.7. The maximum atomic E-state index is 12.1. The minimum Gasteiger partial charge on any atom is -0.506 e. The third-order valence-electron chi connectivity index (χ3n) is 3.69. The molecular weight excluding hydrogens is 280 g/mol. The zero-order valence-electron chi connectivity index (χ0n) is 11.1. The molecule has 1 aliphatic rings. The van der Waals surface area contributed by atoms with Gasteiger partial charge in [0.05, 0.1) is 16.7 Å². The van der Waals surface area contributed by atoms with Gasteiger partial charge in [0, 0.05) is 6.54 Å². The molecule has 112 valence electrons. The largest absolute Gasteiger partial charge is 0.506 e. The van der Waals surface area contributed by atoms with Crippen LogP contribution in [0.2, 0.25) is 0 Å². The van der Waals surface area contributed by atoms with E-state index in [1.807, 2.05) is 0 Å². The van der Waals surface area contributed by atoms with Gasteiger partial charge in [0.2, 0.25) is 10.0 Å². The van der Waals surface area contributed by atoms with Gasteiger partial charge in [-0.25, -0.2) is 13.1 Å². The Morgan fingerprint density at radius 3 is 2.50 bits per heavy atom. The van der Waals surface area contributed by atoms with Gasteiger partial charge in [0.25, 0.3) is 0 Å². The van der Waals surface area contributed by atoms with E-state index >= 15 is 0 Å². The SMILES string of the molecule is Nc1cc(S(=O)(=O)NCC2CCC(O)CC2)ccc1O. The second-order valence-electron chi connectivity index (χ2n) is 5.25. The van der Waals surface area contributed by atoms with Crippen molar-refractivity contribution in [1.29, 1.82) is 0 Å². The Kier molecular flexibility index (Phi) is 4.52. The van der Waals surface area contributed by atoms with Crippen LogP contribution in [-0.4, -0.2) is 31.3 Å². The molecule has 1 fully saturated rings. The van der Waals surface area contributed by atoms with Crippen LogP contribution in [0.4, 0.5) is 5.69 Å². The molecule has 0 saturated heterocycles. The van der Waals surface area contributed by atoms with Crippen LogP contribution in [0, 0.1) is 5.92 Å². The number of rotatable bonds is 4. The van der Waals surface area contributed by atoms with E-state index in [-0.39, 0.29) is 28.4 Å². The van der Waals surface area contributed by atoms with E-state index in [1.54, 1.807) is 0 Å². The van der Waals surface area contributed by atoms with Crippen molar-refractivity contribution in [3.05, 3.63) is 18.2 Å². The van der Waals surface area contributed by atoms with Crippen molar-refractivity contribution in [3.8, 4) is 5.75 Å². The smallest absolute Gasteiger partial charge is 0.240 e. The average Bonchev–Trinajstić information content (AvgIpc) is 2.41. The van der Waals surface area contributed by atoms with Crippen LogP contribution >= 0.6 is 0 Å². The van der Waals surface area contributed by atoms with E-state index in [0.717, 1.165) is 25.7 Å². The summed E-state index contributed by atoms with van der Waals surface area (Å²) < 4.78 is 26.8. The fourth-order valence-corrected chi connectivity index (χ4v) is 3.51. The van der Waals surface area contributed by atoms with Crippen molar-refractivity contribution >= 4 is 15.7 Å². The highest BCUT2D eigenvalue weighted by Gasteiger charge is 2.22. The van der Waals surface area contributed by atoms with Crippen molar-refractivity contribution in [2.24, 2.45) is 5.92 Å². The van der Waals surface area contributed by atoms with Gasteiger partial charge in [0.1, 0.15) is 5.75 Å². The van der Waals surface area contributed by atoms with Crippen LogP contribution in [0.5, 0.6) is 5.75 Å². The predicted octanol–water partition coefficient (Wildman–Crippen LogP) is 0.804. The average molecular weight is 300 g/mol. The Morgan fingerprint density at radius 1 is 1.25 bits per heavy atom. The fourth-order valence-electron chi connectivity index (χ4n) is 2.36. The molecule has 0 aliphatic heterocycles. The molecule has 0 atom stereocenters. The van der Waals surface area contributed by atoms with Crippen molar-refractivity contribution in [1.82, 2.24) is 4.72 Å². The van der Waals surface area contributed by atoms with Crippen LogP contribution in [0.3, 0.4) is 0 Å². The van der Waals surface area contributed by atoms with Gasteiger partial charge in [-0.05, 0) is 49.8 Å². The first kappa shape index (κ1) is 15.1. The van der Waals surface area contributed by atoms with Gasteiger partial charge < -0.3 is 15.9 Å². The van der Waals surface area contributed by atoms with Crippen LogP contribution in [-0.2, 0) is 10.0 Å². The zero-order valence-corrected chi connectivity index (χ0v) is 11.9. The maximum Gasteiger partial charge on any atom is 0.240 e. The van der Waals surface area contributed by atoms with E-state index in [1.165, 1.54) is 18.2 Å². The zero-order chi connectivity index (χ0) is 14.8. The van der Waals surface area contributed by atoms with Crippen LogP contribution in [0.1, 0.15) is 25.7 Å². The first-order valence-electron chi connectivity index (χ1n) is 6.64. The van der Waals surface area contributed by atoms with Gasteiger partial charge in [-0.15, -0.1) is 0 Å². The van der Waals surface area contributed by atoms with Crippen LogP contribution in [0.15, 0.2) is 23.1 Å². The lowest BCUT2D eigenvalue weighted by molar-refractivity contribution is 0.109. The second-order valence-corrected chi connectivity index (χ2v) is 7.01. The molecule has 20 heavy (non-hydrogen) atoms. The summed E-state index contributed by atoms with van der Waals surface area (Å²) >= 11 is 0. The number of anilines is 1. The van der Waals surface area contributed by atoms with E-state index in [9.17, 15) is 18.6 Å². The van der Waals surface area contributed by atoms with E-state index < -0.39 is 10.0 Å². The lowest BCUT2D eigenvalue weighted by Crippen LogP contribution is -2.32. The lowest BCUT2D eigenvalue weighted by Gasteiger charge is -2.25. The maximum absolute atomic E-state index is 12.1. The Balaban J connectivity index is 1.98. The summed E-state index contributed by atoms with van der Waals surface area (Å²) in [4.78, 5) is 0.0450. The summed E-state index contributed by atoms with van der Waals surface area (Å²) in [5.74, 6) is 0.118. The monoisotopic (exact) mass is 300 g/mol. The molecule has 2 rings (SSSR count). The standard InChI is InChI=1S/C13H20N2O4S/c14-12-7-11(5-6-13(12)17)20(18,19)15-8-9-1-3-10(16)4-2-9/h5-7,9-10,15-17H,1-4,8,14H2. The summed E-state index contributed by atoms with van der Waals surface area (Å²) in [6, 6.07) is 3.82. The molecule has 1 saturated carbocycles. The number of aromatic hydroxyl groups is 1. The molecule has 0 amide bonds. The Bertz CT molecular complexity index is 566. The third-order valence-corrected chi connectivity index (χ3v) is 5.11. The molecule has 0 spiro atoms. The number of benzene rings is 1. The van der Waals surface area contributed by atoms with Crippen molar-refractivity contribution in [3.63, 3.8) is 0 Å². The summed E-state index contributed by atoms with van der Waals surface area (Å²) in [6.07, 6.45) is 2.83. The molecule has 1 aromatic carbocycles. The minimum atomic E-state index is -3.62. The summed E-state index contributed by atoms with van der Waals surface area (Å²) in [6.45, 7) is 0.357. The molecule has 5 N–H and O–H groups in total. The first-order chi connectivity index (χ1) is 9.38. The van der Waals surface area contributed by atoms with Crippen LogP contribution < -0.4 is 10.5 Å². The fraction of sp³-hybridized carbons (Fsp3) is 0.538. The Labute approximate surface area is 118 Å². The topological polar surface area (TPSA) is 113 Å². The Morgan fingerprint density at radius 2 is 1.90 bits per heavy atom. The van der Waals surface area contributed by atoms with Gasteiger partial charge in [0.15, 0.2) is 0 Å². The van der Waals surface area contributed by atoms with Crippen molar-refractivity contribution < 1.29 is 18.6 Å². The molecule has 0 aromatic heterocycles. The number of aliphatic hydroxyl groups is 1. The number of sulfonamides is 1. The molecule has 0 unspecified atom stereocenters. The highest BCUT2D eigenvalue weighted by molar-refractivity contribution is 7.89. The van der Waals surface area contributed by atoms with E-state index in [4.69, 9.17) is 5.73 Å². The lowest BCUT2D eigenvalue weighted by atomic mass is 9.88. The molecule has 1 aliphatic carbocycles. The molecule has 1 aromatic rings. The number of aliphatic hydroxyl groups excluding tert-OH is 1. The quantitative estimate of drug-likeness (QED) is 0.485. The number of hydrogen-bond donors (Lipinski definition) is 4. The molecular formula is C13H20N2O4S. The number of phenolic OH excluding ortho intramolecular Hbond substituents is 1. The van der Waals surface area contributed by atoms with Gasteiger partial charge >= 0.3 is 0 Å². The van der Waals surface area contributed by atoms with Crippen molar-refractivity contribution in [2.75, 3.05) is 12.3 Å². The van der Waals surface area contributed by atoms with E-state index in [2.05, 4.69) is 4.72 Å². The highest BCUT2D eigenvalue weighted by Crippen LogP contribution is 2.25.